The van der Waals surface area contributed by atoms with E-state index in [1.165, 1.54) is 199 Å². The van der Waals surface area contributed by atoms with Gasteiger partial charge in [0.25, 0.3) is 0 Å². The largest absolute Gasteiger partial charge is 0.257 e. The van der Waals surface area contributed by atoms with E-state index in [0.29, 0.717) is 11.8 Å². The summed E-state index contributed by atoms with van der Waals surface area (Å²) in [5.41, 5.74) is 11.5. The smallest absolute Gasteiger partial charge is 0.191 e. The Labute approximate surface area is 369 Å². The van der Waals surface area contributed by atoms with Gasteiger partial charge in [0.05, 0.1) is 26.7 Å². The Bertz CT molecular complexity index is 1430. The molecule has 3 heteroatoms. The molecular weight excluding hydrogens is 729 g/mol. The molecule has 0 radical (unpaired) electrons. The minimum absolute atomic E-state index is 0.145. The monoisotopic (exact) mass is 828 g/mol. The summed E-state index contributed by atoms with van der Waals surface area (Å²) in [7, 11) is 5.46. The number of hydrogen-bond donors (Lipinski definition) is 0. The second-order valence-electron chi connectivity index (χ2n) is 23.0. The van der Waals surface area contributed by atoms with Crippen molar-refractivity contribution in [2.75, 3.05) is 21.1 Å². The Kier molecular flexibility index (Phi) is 19.0. The van der Waals surface area contributed by atoms with Gasteiger partial charge >= 0.3 is 0 Å². The highest BCUT2D eigenvalue weighted by Gasteiger charge is 2.57. The lowest BCUT2D eigenvalue weighted by Crippen LogP contribution is -2.71. The molecule has 336 valence electrons. The van der Waals surface area contributed by atoms with Crippen molar-refractivity contribution in [1.82, 2.24) is 4.67 Å². The third-order valence-corrected chi connectivity index (χ3v) is 20.8. The van der Waals surface area contributed by atoms with E-state index >= 15 is 0 Å². The Morgan fingerprint density at radius 3 is 1.49 bits per heavy atom. The molecule has 0 amide bonds. The van der Waals surface area contributed by atoms with Crippen LogP contribution in [-0.2, 0) is 18.3 Å². The predicted molar refractivity (Wildman–Crippen MR) is 265 cm³/mol. The van der Waals surface area contributed by atoms with Gasteiger partial charge in [0.1, 0.15) is 0 Å². The molecule has 0 spiro atoms. The molecule has 59 heavy (non-hydrogen) atoms. The van der Waals surface area contributed by atoms with E-state index in [9.17, 15) is 0 Å². The number of rotatable bonds is 29. The number of allylic oxidation sites excluding steroid dienone is 4. The van der Waals surface area contributed by atoms with Crippen LogP contribution in [0.5, 0.6) is 0 Å². The standard InChI is InChI=1S/C56H99N2Si/c1-11-13-15-17-19-21-23-25-27-29-31-33-40-56(41-34-32-30-28-26-24-22-20-18-16-14-12-2)52-44-47-37-35-36-46(47)42-50(52)51-43-48-38-39-54(49(48)45-53(51)56)59(9,10)57(55(3,4)5)58(6,7)8/h42-45,48-49,54H,11-41H2,1-10H3/q+1. The summed E-state index contributed by atoms with van der Waals surface area (Å²) in [5, 5.41) is 0. The van der Waals surface area contributed by atoms with Gasteiger partial charge in [0.15, 0.2) is 8.24 Å². The van der Waals surface area contributed by atoms with Gasteiger partial charge < -0.3 is 0 Å². The molecule has 0 saturated heterocycles. The number of aryl methyl sites for hydroxylation is 2. The summed E-state index contributed by atoms with van der Waals surface area (Å²) >= 11 is 0. The molecule has 3 atom stereocenters. The van der Waals surface area contributed by atoms with Crippen LogP contribution < -0.4 is 0 Å². The number of hydrogen-bond acceptors (Lipinski definition) is 1. The molecule has 1 aromatic rings. The summed E-state index contributed by atoms with van der Waals surface area (Å²) < 4.78 is 3.91. The Morgan fingerprint density at radius 1 is 0.610 bits per heavy atom. The molecule has 0 heterocycles. The molecule has 5 rings (SSSR count). The number of quaternary nitrogens is 1. The van der Waals surface area contributed by atoms with E-state index in [-0.39, 0.29) is 11.0 Å². The van der Waals surface area contributed by atoms with Crippen LogP contribution in [0.3, 0.4) is 0 Å². The van der Waals surface area contributed by atoms with Gasteiger partial charge in [-0.2, -0.15) is 4.67 Å². The molecule has 1 aromatic carbocycles. The van der Waals surface area contributed by atoms with Gasteiger partial charge in [-0.15, -0.1) is 0 Å². The summed E-state index contributed by atoms with van der Waals surface area (Å²) in [6.07, 6.45) is 49.8. The van der Waals surface area contributed by atoms with Crippen molar-refractivity contribution < 1.29 is 4.59 Å². The maximum absolute atomic E-state index is 3.01. The van der Waals surface area contributed by atoms with Gasteiger partial charge in [0, 0.05) is 5.41 Å². The fraction of sp³-hybridized carbons (Fsp3) is 0.821. The highest BCUT2D eigenvalue weighted by Crippen LogP contribution is 2.62. The van der Waals surface area contributed by atoms with Gasteiger partial charge in [0.2, 0.25) is 0 Å². The van der Waals surface area contributed by atoms with E-state index in [1.807, 2.05) is 5.57 Å². The third kappa shape index (κ3) is 12.7. The summed E-state index contributed by atoms with van der Waals surface area (Å²) in [6, 6.07) is 5.55. The van der Waals surface area contributed by atoms with Crippen LogP contribution in [0.4, 0.5) is 0 Å². The van der Waals surface area contributed by atoms with Crippen molar-refractivity contribution >= 4 is 13.8 Å². The average Bonchev–Trinajstić information content (AvgIpc) is 3.88. The molecule has 0 aliphatic heterocycles. The molecule has 0 bridgehead atoms. The predicted octanol–water partition coefficient (Wildman–Crippen LogP) is 17.3. The quantitative estimate of drug-likeness (QED) is 0.0337. The van der Waals surface area contributed by atoms with Crippen molar-refractivity contribution in [3.63, 3.8) is 0 Å². The molecule has 4 aliphatic rings. The van der Waals surface area contributed by atoms with Gasteiger partial charge in [-0.05, 0) is 110 Å². The van der Waals surface area contributed by atoms with Crippen molar-refractivity contribution in [3.05, 3.63) is 52.1 Å². The average molecular weight is 829 g/mol. The van der Waals surface area contributed by atoms with Gasteiger partial charge in [-0.25, -0.2) is 0 Å². The van der Waals surface area contributed by atoms with E-state index in [2.05, 4.69) is 97.8 Å². The first kappa shape index (κ1) is 48.9. The highest BCUT2D eigenvalue weighted by molar-refractivity contribution is 6.76. The first-order valence-corrected chi connectivity index (χ1v) is 29.5. The molecule has 1 saturated carbocycles. The molecule has 4 aliphatic carbocycles. The highest BCUT2D eigenvalue weighted by atomic mass is 28.3. The minimum Gasteiger partial charge on any atom is -0.257 e. The van der Waals surface area contributed by atoms with E-state index in [0.717, 1.165) is 10.1 Å². The van der Waals surface area contributed by atoms with Crippen molar-refractivity contribution in [3.8, 4) is 0 Å². The van der Waals surface area contributed by atoms with Crippen LogP contribution in [0.2, 0.25) is 18.6 Å². The van der Waals surface area contributed by atoms with Crippen molar-refractivity contribution in [1.29, 1.82) is 0 Å². The lowest BCUT2D eigenvalue weighted by Gasteiger charge is -2.55. The summed E-state index contributed by atoms with van der Waals surface area (Å²) in [5.74, 6) is 1.39. The van der Waals surface area contributed by atoms with Crippen molar-refractivity contribution in [2.24, 2.45) is 11.8 Å². The van der Waals surface area contributed by atoms with Crippen LogP contribution >= 0.6 is 0 Å². The first-order valence-electron chi connectivity index (χ1n) is 26.5. The minimum atomic E-state index is -1.85. The lowest BCUT2D eigenvalue weighted by atomic mass is 9.68. The molecule has 3 unspecified atom stereocenters. The summed E-state index contributed by atoms with van der Waals surface area (Å²) in [6.45, 7) is 17.6. The van der Waals surface area contributed by atoms with Crippen LogP contribution in [0, 0.1) is 11.8 Å². The molecule has 1 fully saturated rings. The van der Waals surface area contributed by atoms with E-state index in [4.69, 9.17) is 0 Å². The Hall–Kier alpha value is -1.16. The van der Waals surface area contributed by atoms with Crippen molar-refractivity contribution in [2.45, 2.75) is 263 Å². The number of benzene rings is 1. The second-order valence-corrected chi connectivity index (χ2v) is 27.5. The third-order valence-electron chi connectivity index (χ3n) is 16.0. The van der Waals surface area contributed by atoms with Crippen LogP contribution in [0.25, 0.3) is 5.57 Å². The topological polar surface area (TPSA) is 3.24 Å². The van der Waals surface area contributed by atoms with Gasteiger partial charge in [-0.3, -0.25) is 4.59 Å². The summed E-state index contributed by atoms with van der Waals surface area (Å²) in [4.78, 5) is 0. The lowest BCUT2D eigenvalue weighted by molar-refractivity contribution is -0.978. The van der Waals surface area contributed by atoms with E-state index < -0.39 is 8.24 Å². The second kappa shape index (κ2) is 23.0. The normalized spacial score (nSPS) is 21.1. The first-order chi connectivity index (χ1) is 28.3. The fourth-order valence-electron chi connectivity index (χ4n) is 13.8. The molecule has 2 nitrogen and oxygen atoms in total. The molecule has 0 N–H and O–H groups in total. The maximum atomic E-state index is 3.01. The zero-order chi connectivity index (χ0) is 42.5. The Morgan fingerprint density at radius 2 is 1.05 bits per heavy atom. The SMILES string of the molecule is CCCCCCCCCCCCCCC1(CCCCCCCCCCCCCC)C2=CC3C(C=C2c2cc4c(cc21)CCC4)CCC3[Si](C)(C)N(C(C)(C)C)[N+](C)(C)C. The Balaban J connectivity index is 1.35. The van der Waals surface area contributed by atoms with Crippen LogP contribution in [0.15, 0.2) is 29.9 Å². The molecule has 0 aromatic heterocycles. The molecular formula is C56H99N2Si+. The van der Waals surface area contributed by atoms with Crippen LogP contribution in [-0.4, -0.2) is 44.2 Å². The van der Waals surface area contributed by atoms with Gasteiger partial charge in [-0.1, -0.05) is 212 Å². The maximum Gasteiger partial charge on any atom is 0.191 e. The number of unbranched alkanes of at least 4 members (excludes halogenated alkanes) is 22. The number of nitrogens with zero attached hydrogens (tertiary/aromatic N) is 2. The van der Waals surface area contributed by atoms with Crippen LogP contribution in [0.1, 0.15) is 243 Å². The van der Waals surface area contributed by atoms with E-state index in [1.54, 1.807) is 27.8 Å². The fourth-order valence-corrected chi connectivity index (χ4v) is 19.6. The zero-order valence-corrected chi connectivity index (χ0v) is 42.4. The number of fused-ring (bicyclic) bond motifs is 5. The zero-order valence-electron chi connectivity index (χ0n) is 41.4.